The Morgan fingerprint density at radius 1 is 1.32 bits per heavy atom. The van der Waals surface area contributed by atoms with Crippen LogP contribution in [-0.4, -0.2) is 27.1 Å². The van der Waals surface area contributed by atoms with Crippen LogP contribution in [0.5, 0.6) is 0 Å². The van der Waals surface area contributed by atoms with Crippen molar-refractivity contribution in [2.24, 2.45) is 17.6 Å². The SMILES string of the molecule is NC12CC3CC(C1)CC(NC(=O)c1cccc(CO)n1)(C3)C2. The normalized spacial score (nSPS) is 39.0. The van der Waals surface area contributed by atoms with E-state index in [1.165, 1.54) is 6.42 Å². The molecule has 4 saturated carbocycles. The van der Waals surface area contributed by atoms with Gasteiger partial charge in [0.05, 0.1) is 12.3 Å². The Bertz CT molecular complexity index is 602. The number of aliphatic hydroxyl groups excluding tert-OH is 1. The number of rotatable bonds is 3. The summed E-state index contributed by atoms with van der Waals surface area (Å²) in [6, 6.07) is 5.18. The van der Waals surface area contributed by atoms with Crippen molar-refractivity contribution < 1.29 is 9.90 Å². The molecule has 4 fully saturated rings. The Morgan fingerprint density at radius 2 is 2.05 bits per heavy atom. The lowest BCUT2D eigenvalue weighted by Gasteiger charge is -2.61. The van der Waals surface area contributed by atoms with Crippen LogP contribution < -0.4 is 11.1 Å². The molecule has 5 rings (SSSR count). The molecule has 4 aliphatic carbocycles. The number of nitrogens with two attached hydrogens (primary N) is 1. The first-order chi connectivity index (χ1) is 10.5. The summed E-state index contributed by atoms with van der Waals surface area (Å²) >= 11 is 0. The lowest BCUT2D eigenvalue weighted by Crippen LogP contribution is -2.68. The van der Waals surface area contributed by atoms with Gasteiger partial charge in [0.1, 0.15) is 5.69 Å². The van der Waals surface area contributed by atoms with Crippen molar-refractivity contribution in [2.45, 2.75) is 56.2 Å². The van der Waals surface area contributed by atoms with Gasteiger partial charge in [-0.3, -0.25) is 4.79 Å². The van der Waals surface area contributed by atoms with E-state index < -0.39 is 0 Å². The molecule has 22 heavy (non-hydrogen) atoms. The number of nitrogens with one attached hydrogen (secondary N) is 1. The highest BCUT2D eigenvalue weighted by atomic mass is 16.3. The van der Waals surface area contributed by atoms with Gasteiger partial charge in [-0.2, -0.15) is 0 Å². The van der Waals surface area contributed by atoms with Gasteiger partial charge in [0, 0.05) is 11.1 Å². The molecule has 0 saturated heterocycles. The second kappa shape index (κ2) is 4.77. The van der Waals surface area contributed by atoms with Gasteiger partial charge in [-0.05, 0) is 62.5 Å². The summed E-state index contributed by atoms with van der Waals surface area (Å²) in [6.07, 6.45) is 6.48. The summed E-state index contributed by atoms with van der Waals surface area (Å²) in [5, 5.41) is 12.4. The maximum Gasteiger partial charge on any atom is 0.270 e. The van der Waals surface area contributed by atoms with Crippen molar-refractivity contribution in [2.75, 3.05) is 0 Å². The topological polar surface area (TPSA) is 88.2 Å². The smallest absolute Gasteiger partial charge is 0.270 e. The van der Waals surface area contributed by atoms with Crippen LogP contribution in [0.25, 0.3) is 0 Å². The number of carbonyl (C=O) groups excluding carboxylic acids is 1. The first-order valence-corrected chi connectivity index (χ1v) is 8.17. The van der Waals surface area contributed by atoms with E-state index in [0.717, 1.165) is 32.1 Å². The molecule has 2 atom stereocenters. The number of nitrogens with zero attached hydrogens (tertiary/aromatic N) is 1. The fourth-order valence-electron chi connectivity index (χ4n) is 5.48. The third kappa shape index (κ3) is 2.32. The maximum absolute atomic E-state index is 12.6. The van der Waals surface area contributed by atoms with Crippen LogP contribution in [0.4, 0.5) is 0 Å². The molecule has 1 aromatic heterocycles. The lowest BCUT2D eigenvalue weighted by molar-refractivity contribution is -0.0321. The zero-order chi connectivity index (χ0) is 15.4. The van der Waals surface area contributed by atoms with E-state index in [0.29, 0.717) is 23.2 Å². The third-order valence-electron chi connectivity index (χ3n) is 5.69. The Hall–Kier alpha value is -1.46. The molecule has 5 nitrogen and oxygen atoms in total. The van der Waals surface area contributed by atoms with Crippen LogP contribution in [0.2, 0.25) is 0 Å². The Morgan fingerprint density at radius 3 is 2.68 bits per heavy atom. The van der Waals surface area contributed by atoms with Crippen molar-refractivity contribution in [3.05, 3.63) is 29.6 Å². The minimum absolute atomic E-state index is 0.0856. The van der Waals surface area contributed by atoms with E-state index in [1.54, 1.807) is 18.2 Å². The van der Waals surface area contributed by atoms with E-state index in [1.807, 2.05) is 0 Å². The number of pyridine rings is 1. The van der Waals surface area contributed by atoms with Gasteiger partial charge in [0.2, 0.25) is 0 Å². The number of carbonyl (C=O) groups is 1. The summed E-state index contributed by atoms with van der Waals surface area (Å²) in [5.41, 5.74) is 7.24. The molecule has 118 valence electrons. The predicted octanol–water partition coefficient (Wildman–Crippen LogP) is 1.35. The van der Waals surface area contributed by atoms with Gasteiger partial charge >= 0.3 is 0 Å². The molecular weight excluding hydrogens is 278 g/mol. The van der Waals surface area contributed by atoms with Gasteiger partial charge in [0.15, 0.2) is 0 Å². The summed E-state index contributed by atoms with van der Waals surface area (Å²) in [6.45, 7) is -0.150. The lowest BCUT2D eigenvalue weighted by atomic mass is 9.50. The van der Waals surface area contributed by atoms with Crippen LogP contribution in [0, 0.1) is 11.8 Å². The second-order valence-corrected chi connectivity index (χ2v) is 7.73. The van der Waals surface area contributed by atoms with Gasteiger partial charge in [-0.25, -0.2) is 4.98 Å². The first kappa shape index (κ1) is 14.2. The van der Waals surface area contributed by atoms with Crippen LogP contribution in [0.15, 0.2) is 18.2 Å². The van der Waals surface area contributed by atoms with Crippen LogP contribution in [-0.2, 0) is 6.61 Å². The van der Waals surface area contributed by atoms with E-state index >= 15 is 0 Å². The summed E-state index contributed by atoms with van der Waals surface area (Å²) < 4.78 is 0. The van der Waals surface area contributed by atoms with Crippen molar-refractivity contribution in [3.8, 4) is 0 Å². The number of amides is 1. The zero-order valence-electron chi connectivity index (χ0n) is 12.7. The average Bonchev–Trinajstić information content (AvgIpc) is 2.44. The highest BCUT2D eigenvalue weighted by Gasteiger charge is 2.56. The Labute approximate surface area is 130 Å². The fraction of sp³-hybridized carbons (Fsp3) is 0.647. The van der Waals surface area contributed by atoms with Gasteiger partial charge in [0.25, 0.3) is 5.91 Å². The van der Waals surface area contributed by atoms with Crippen LogP contribution in [0.1, 0.15) is 54.7 Å². The monoisotopic (exact) mass is 301 g/mol. The molecule has 1 aromatic rings. The third-order valence-corrected chi connectivity index (χ3v) is 5.69. The number of hydrogen-bond acceptors (Lipinski definition) is 4. The molecule has 0 radical (unpaired) electrons. The highest BCUT2D eigenvalue weighted by molar-refractivity contribution is 5.92. The van der Waals surface area contributed by atoms with Crippen molar-refractivity contribution in [1.82, 2.24) is 10.3 Å². The minimum atomic E-state index is -0.150. The standard InChI is InChI=1S/C17H23N3O2/c18-16-5-11-4-12(6-16)8-17(7-11,10-16)20-15(22)14-3-1-2-13(9-21)19-14/h1-3,11-12,21H,4-10,18H2,(H,20,22). The molecule has 2 unspecified atom stereocenters. The molecule has 4 N–H and O–H groups in total. The maximum atomic E-state index is 12.6. The van der Waals surface area contributed by atoms with Crippen LogP contribution in [0.3, 0.4) is 0 Å². The molecule has 0 spiro atoms. The van der Waals surface area contributed by atoms with E-state index in [2.05, 4.69) is 10.3 Å². The van der Waals surface area contributed by atoms with Crippen LogP contribution >= 0.6 is 0 Å². The summed E-state index contributed by atoms with van der Waals surface area (Å²) in [7, 11) is 0. The van der Waals surface area contributed by atoms with E-state index in [4.69, 9.17) is 10.8 Å². The number of aromatic nitrogens is 1. The van der Waals surface area contributed by atoms with Gasteiger partial charge in [-0.1, -0.05) is 6.07 Å². The molecule has 1 amide bonds. The molecule has 0 aliphatic heterocycles. The predicted molar refractivity (Wildman–Crippen MR) is 82.0 cm³/mol. The second-order valence-electron chi connectivity index (χ2n) is 7.73. The quantitative estimate of drug-likeness (QED) is 0.786. The van der Waals surface area contributed by atoms with Crippen molar-refractivity contribution >= 4 is 5.91 Å². The van der Waals surface area contributed by atoms with Crippen molar-refractivity contribution in [1.29, 1.82) is 0 Å². The van der Waals surface area contributed by atoms with E-state index in [9.17, 15) is 4.79 Å². The average molecular weight is 301 g/mol. The number of aliphatic hydroxyl groups is 1. The highest BCUT2D eigenvalue weighted by Crippen LogP contribution is 2.56. The zero-order valence-corrected chi connectivity index (χ0v) is 12.7. The first-order valence-electron chi connectivity index (χ1n) is 8.17. The van der Waals surface area contributed by atoms with Crippen molar-refractivity contribution in [3.63, 3.8) is 0 Å². The summed E-state index contributed by atoms with van der Waals surface area (Å²) in [4.78, 5) is 16.8. The Balaban J connectivity index is 1.56. The van der Waals surface area contributed by atoms with Gasteiger partial charge in [-0.15, -0.1) is 0 Å². The molecular formula is C17H23N3O2. The Kier molecular flexibility index (Phi) is 3.07. The molecule has 4 bridgehead atoms. The largest absolute Gasteiger partial charge is 0.390 e. The summed E-state index contributed by atoms with van der Waals surface area (Å²) in [5.74, 6) is 1.17. The molecule has 5 heteroatoms. The molecule has 4 aliphatic rings. The minimum Gasteiger partial charge on any atom is -0.390 e. The molecule has 0 aromatic carbocycles. The number of hydrogen-bond donors (Lipinski definition) is 3. The molecule has 1 heterocycles. The van der Waals surface area contributed by atoms with Gasteiger partial charge < -0.3 is 16.2 Å². The van der Waals surface area contributed by atoms with E-state index in [-0.39, 0.29) is 23.6 Å². The fourth-order valence-corrected chi connectivity index (χ4v) is 5.48.